The van der Waals surface area contributed by atoms with Gasteiger partial charge in [0.1, 0.15) is 0 Å². The molecule has 1 aromatic carbocycles. The van der Waals surface area contributed by atoms with Crippen LogP contribution in [0.25, 0.3) is 10.9 Å². The second-order valence-electron chi connectivity index (χ2n) is 4.16. The van der Waals surface area contributed by atoms with E-state index in [2.05, 4.69) is 4.98 Å². The zero-order valence-electron chi connectivity index (χ0n) is 9.84. The first kappa shape index (κ1) is 11.8. The fourth-order valence-corrected chi connectivity index (χ4v) is 1.89. The Morgan fingerprint density at radius 3 is 2.94 bits per heavy atom. The largest absolute Gasteiger partial charge is 0.391 e. The summed E-state index contributed by atoms with van der Waals surface area (Å²) in [5.74, 6) is 0. The Hall–Kier alpha value is -1.68. The van der Waals surface area contributed by atoms with Crippen LogP contribution < -0.4 is 5.56 Å². The molecule has 90 valence electrons. The third-order valence-electron chi connectivity index (χ3n) is 2.76. The van der Waals surface area contributed by atoms with E-state index in [9.17, 15) is 9.90 Å². The number of hydrogen-bond donors (Lipinski definition) is 1. The van der Waals surface area contributed by atoms with Gasteiger partial charge in [0.05, 0.1) is 29.9 Å². The molecular formula is C13H16N2O2. The molecule has 4 nitrogen and oxygen atoms in total. The number of aliphatic hydroxyl groups is 1. The van der Waals surface area contributed by atoms with Crippen LogP contribution in [0, 0.1) is 0 Å². The van der Waals surface area contributed by atoms with Crippen molar-refractivity contribution in [1.29, 1.82) is 0 Å². The van der Waals surface area contributed by atoms with Gasteiger partial charge in [-0.1, -0.05) is 25.5 Å². The van der Waals surface area contributed by atoms with Crippen molar-refractivity contribution in [3.8, 4) is 0 Å². The van der Waals surface area contributed by atoms with Crippen molar-refractivity contribution in [2.75, 3.05) is 0 Å². The lowest BCUT2D eigenvalue weighted by molar-refractivity contribution is 0.142. The molecule has 0 aliphatic rings. The molecule has 0 saturated heterocycles. The minimum absolute atomic E-state index is 0.0919. The van der Waals surface area contributed by atoms with Crippen LogP contribution in [-0.4, -0.2) is 20.8 Å². The summed E-state index contributed by atoms with van der Waals surface area (Å²) in [6, 6.07) is 7.24. The monoisotopic (exact) mass is 232 g/mol. The maximum absolute atomic E-state index is 12.1. The van der Waals surface area contributed by atoms with Gasteiger partial charge in [-0.2, -0.15) is 0 Å². The molecule has 1 atom stereocenters. The van der Waals surface area contributed by atoms with E-state index >= 15 is 0 Å². The Morgan fingerprint density at radius 2 is 2.18 bits per heavy atom. The van der Waals surface area contributed by atoms with Gasteiger partial charge in [0.25, 0.3) is 5.56 Å². The van der Waals surface area contributed by atoms with Gasteiger partial charge in [0.15, 0.2) is 0 Å². The number of para-hydroxylation sites is 1. The number of aromatic nitrogens is 2. The Morgan fingerprint density at radius 1 is 1.41 bits per heavy atom. The van der Waals surface area contributed by atoms with E-state index in [1.807, 2.05) is 25.1 Å². The number of aliphatic hydroxyl groups excluding tert-OH is 1. The standard InChI is InChI=1S/C13H16N2O2/c1-2-5-10(16)8-15-9-14-12-7-4-3-6-11(12)13(15)17/h3-4,6-7,9-10,16H,2,5,8H2,1H3. The second kappa shape index (κ2) is 5.10. The van der Waals surface area contributed by atoms with E-state index in [4.69, 9.17) is 0 Å². The molecule has 2 aromatic rings. The van der Waals surface area contributed by atoms with E-state index in [0.29, 0.717) is 23.9 Å². The van der Waals surface area contributed by atoms with Crippen LogP contribution in [-0.2, 0) is 6.54 Å². The molecule has 1 aromatic heterocycles. The van der Waals surface area contributed by atoms with Crippen LogP contribution in [0.2, 0.25) is 0 Å². The first-order chi connectivity index (χ1) is 8.22. The number of rotatable bonds is 4. The van der Waals surface area contributed by atoms with Gasteiger partial charge in [-0.25, -0.2) is 4.98 Å². The maximum atomic E-state index is 12.1. The number of fused-ring (bicyclic) bond motifs is 1. The molecule has 17 heavy (non-hydrogen) atoms. The average Bonchev–Trinajstić information content (AvgIpc) is 2.33. The van der Waals surface area contributed by atoms with E-state index in [0.717, 1.165) is 6.42 Å². The Bertz CT molecular complexity index is 563. The van der Waals surface area contributed by atoms with Crippen LogP contribution in [0.5, 0.6) is 0 Å². The van der Waals surface area contributed by atoms with Gasteiger partial charge in [0.2, 0.25) is 0 Å². The summed E-state index contributed by atoms with van der Waals surface area (Å²) >= 11 is 0. The van der Waals surface area contributed by atoms with Crippen molar-refractivity contribution in [2.45, 2.75) is 32.4 Å². The zero-order valence-corrected chi connectivity index (χ0v) is 9.84. The average molecular weight is 232 g/mol. The lowest BCUT2D eigenvalue weighted by atomic mass is 10.2. The van der Waals surface area contributed by atoms with Gasteiger partial charge in [-0.15, -0.1) is 0 Å². The normalized spacial score (nSPS) is 12.8. The first-order valence-corrected chi connectivity index (χ1v) is 5.84. The highest BCUT2D eigenvalue weighted by Crippen LogP contribution is 2.05. The molecule has 0 aliphatic carbocycles. The van der Waals surface area contributed by atoms with Crippen molar-refractivity contribution in [3.63, 3.8) is 0 Å². The number of nitrogens with zero attached hydrogens (tertiary/aromatic N) is 2. The van der Waals surface area contributed by atoms with Crippen molar-refractivity contribution in [1.82, 2.24) is 9.55 Å². The molecule has 2 rings (SSSR count). The molecule has 0 saturated carbocycles. The van der Waals surface area contributed by atoms with Crippen LogP contribution in [0.1, 0.15) is 19.8 Å². The first-order valence-electron chi connectivity index (χ1n) is 5.84. The summed E-state index contributed by atoms with van der Waals surface area (Å²) in [5, 5.41) is 10.3. The SMILES string of the molecule is CCCC(O)Cn1cnc2ccccc2c1=O. The molecule has 1 N–H and O–H groups in total. The Kier molecular flexibility index (Phi) is 3.54. The molecule has 0 fully saturated rings. The molecular weight excluding hydrogens is 216 g/mol. The van der Waals surface area contributed by atoms with E-state index in [1.165, 1.54) is 10.9 Å². The molecule has 1 unspecified atom stereocenters. The van der Waals surface area contributed by atoms with Gasteiger partial charge in [0, 0.05) is 0 Å². The minimum Gasteiger partial charge on any atom is -0.391 e. The highest BCUT2D eigenvalue weighted by Gasteiger charge is 2.07. The van der Waals surface area contributed by atoms with Crippen LogP contribution in [0.4, 0.5) is 0 Å². The third kappa shape index (κ3) is 2.53. The topological polar surface area (TPSA) is 55.1 Å². The van der Waals surface area contributed by atoms with Crippen LogP contribution in [0.15, 0.2) is 35.4 Å². The number of benzene rings is 1. The molecule has 4 heteroatoms. The molecule has 1 heterocycles. The fourth-order valence-electron chi connectivity index (χ4n) is 1.89. The predicted octanol–water partition coefficient (Wildman–Crippen LogP) is 1.56. The van der Waals surface area contributed by atoms with Crippen LogP contribution >= 0.6 is 0 Å². The summed E-state index contributed by atoms with van der Waals surface area (Å²) in [5.41, 5.74) is 0.601. The van der Waals surface area contributed by atoms with Crippen LogP contribution in [0.3, 0.4) is 0 Å². The highest BCUT2D eigenvalue weighted by molar-refractivity contribution is 5.76. The number of hydrogen-bond acceptors (Lipinski definition) is 3. The van der Waals surface area contributed by atoms with E-state index in [-0.39, 0.29) is 5.56 Å². The smallest absolute Gasteiger partial charge is 0.261 e. The quantitative estimate of drug-likeness (QED) is 0.870. The molecule has 0 spiro atoms. The molecule has 0 bridgehead atoms. The summed E-state index contributed by atoms with van der Waals surface area (Å²) < 4.78 is 1.47. The molecule has 0 radical (unpaired) electrons. The fraction of sp³-hybridized carbons (Fsp3) is 0.385. The van der Waals surface area contributed by atoms with Crippen molar-refractivity contribution < 1.29 is 5.11 Å². The van der Waals surface area contributed by atoms with Crippen molar-refractivity contribution in [2.24, 2.45) is 0 Å². The summed E-state index contributed by atoms with van der Waals surface area (Å²) in [6.45, 7) is 2.31. The van der Waals surface area contributed by atoms with Gasteiger partial charge in [-0.3, -0.25) is 9.36 Å². The molecule has 0 amide bonds. The second-order valence-corrected chi connectivity index (χ2v) is 4.16. The zero-order chi connectivity index (χ0) is 12.3. The Labute approximate surface area is 99.5 Å². The minimum atomic E-state index is -0.485. The predicted molar refractivity (Wildman–Crippen MR) is 66.9 cm³/mol. The lowest BCUT2D eigenvalue weighted by Gasteiger charge is -2.11. The van der Waals surface area contributed by atoms with Gasteiger partial charge >= 0.3 is 0 Å². The summed E-state index contributed by atoms with van der Waals surface area (Å²) in [4.78, 5) is 16.3. The summed E-state index contributed by atoms with van der Waals surface area (Å²) in [7, 11) is 0. The third-order valence-corrected chi connectivity index (χ3v) is 2.76. The highest BCUT2D eigenvalue weighted by atomic mass is 16.3. The maximum Gasteiger partial charge on any atom is 0.261 e. The molecule has 0 aliphatic heterocycles. The van der Waals surface area contributed by atoms with Gasteiger partial charge in [-0.05, 0) is 18.6 Å². The van der Waals surface area contributed by atoms with E-state index in [1.54, 1.807) is 6.07 Å². The van der Waals surface area contributed by atoms with Gasteiger partial charge < -0.3 is 5.11 Å². The Balaban J connectivity index is 2.36. The van der Waals surface area contributed by atoms with Crippen molar-refractivity contribution >= 4 is 10.9 Å². The van der Waals surface area contributed by atoms with Crippen molar-refractivity contribution in [3.05, 3.63) is 40.9 Å². The summed E-state index contributed by atoms with van der Waals surface area (Å²) in [6.07, 6.45) is 2.61. The lowest BCUT2D eigenvalue weighted by Crippen LogP contribution is -2.26. The van der Waals surface area contributed by atoms with E-state index < -0.39 is 6.10 Å².